The molecule has 1 aromatic carbocycles. The highest BCUT2D eigenvalue weighted by molar-refractivity contribution is 5.39. The molecule has 2 aromatic heterocycles. The number of H-pyrrole nitrogens is 1. The Kier molecular flexibility index (Phi) is 3.86. The Morgan fingerprint density at radius 3 is 2.79 bits per heavy atom. The molecular weight excluding hydrogens is 369 g/mol. The Morgan fingerprint density at radius 2 is 2.04 bits per heavy atom. The highest BCUT2D eigenvalue weighted by Gasteiger charge is 2.46. The monoisotopic (exact) mass is 388 g/mol. The summed E-state index contributed by atoms with van der Waals surface area (Å²) in [5.41, 5.74) is 1.52. The summed E-state index contributed by atoms with van der Waals surface area (Å²) in [6.45, 7) is 0. The average molecular weight is 388 g/mol. The quantitative estimate of drug-likeness (QED) is 0.703. The Hall–Kier alpha value is -2.64. The molecule has 0 bridgehead atoms. The molecular formula is C20H19F3N4O. The third-order valence-electron chi connectivity index (χ3n) is 6.16. The summed E-state index contributed by atoms with van der Waals surface area (Å²) in [6.07, 6.45) is 2.67. The van der Waals surface area contributed by atoms with Gasteiger partial charge in [0.05, 0.1) is 28.8 Å². The zero-order valence-electron chi connectivity index (χ0n) is 15.1. The maximum Gasteiger partial charge on any atom is 0.416 e. The topological polar surface area (TPSA) is 67.6 Å². The highest BCUT2D eigenvalue weighted by Crippen LogP contribution is 2.49. The summed E-state index contributed by atoms with van der Waals surface area (Å²) in [5, 5.41) is 11.4. The van der Waals surface area contributed by atoms with Crippen LogP contribution in [-0.2, 0) is 18.0 Å². The second kappa shape index (κ2) is 6.18. The number of benzene rings is 1. The van der Waals surface area contributed by atoms with Crippen LogP contribution < -0.4 is 0 Å². The number of aryl methyl sites for hydroxylation is 1. The van der Waals surface area contributed by atoms with Gasteiger partial charge in [0, 0.05) is 0 Å². The van der Waals surface area contributed by atoms with Gasteiger partial charge >= 0.3 is 6.18 Å². The van der Waals surface area contributed by atoms with E-state index in [-0.39, 0.29) is 5.92 Å². The molecule has 1 N–H and O–H groups in total. The minimum atomic E-state index is -4.37. The van der Waals surface area contributed by atoms with Crippen molar-refractivity contribution in [3.8, 4) is 0 Å². The fourth-order valence-electron chi connectivity index (χ4n) is 4.45. The van der Waals surface area contributed by atoms with E-state index in [1.807, 2.05) is 6.20 Å². The Bertz CT molecular complexity index is 1000. The maximum absolute atomic E-state index is 13.2. The lowest BCUT2D eigenvalue weighted by molar-refractivity contribution is -0.137. The molecule has 0 radical (unpaired) electrons. The van der Waals surface area contributed by atoms with Crippen molar-refractivity contribution < 1.29 is 17.7 Å². The second-order valence-electron chi connectivity index (χ2n) is 7.72. The minimum Gasteiger partial charge on any atom is -0.339 e. The van der Waals surface area contributed by atoms with Crippen LogP contribution in [0.5, 0.6) is 0 Å². The van der Waals surface area contributed by atoms with Gasteiger partial charge in [0.25, 0.3) is 0 Å². The van der Waals surface area contributed by atoms with E-state index in [4.69, 9.17) is 4.52 Å². The van der Waals surface area contributed by atoms with E-state index >= 15 is 0 Å². The van der Waals surface area contributed by atoms with Crippen LogP contribution in [-0.4, -0.2) is 20.3 Å². The molecule has 146 valence electrons. The van der Waals surface area contributed by atoms with E-state index in [9.17, 15) is 13.2 Å². The predicted molar refractivity (Wildman–Crippen MR) is 93.7 cm³/mol. The van der Waals surface area contributed by atoms with Gasteiger partial charge in [-0.3, -0.25) is 5.10 Å². The molecule has 3 aromatic rings. The molecule has 1 atom stereocenters. The van der Waals surface area contributed by atoms with E-state index in [2.05, 4.69) is 20.3 Å². The summed E-state index contributed by atoms with van der Waals surface area (Å²) in [6, 6.07) is 5.51. The lowest BCUT2D eigenvalue weighted by Gasteiger charge is -2.39. The van der Waals surface area contributed by atoms with Gasteiger partial charge < -0.3 is 4.52 Å². The molecule has 0 saturated heterocycles. The van der Waals surface area contributed by atoms with Crippen LogP contribution in [0, 0.1) is 0 Å². The number of aromatic amines is 1. The minimum absolute atomic E-state index is 0.0360. The van der Waals surface area contributed by atoms with Gasteiger partial charge in [0.2, 0.25) is 5.89 Å². The number of hydrogen-bond donors (Lipinski definition) is 1. The number of nitrogens with one attached hydrogen (secondary N) is 1. The molecule has 2 aliphatic rings. The van der Waals surface area contributed by atoms with Crippen molar-refractivity contribution in [2.45, 2.75) is 56.0 Å². The molecule has 8 heteroatoms. The number of hydrogen-bond acceptors (Lipinski definition) is 4. The van der Waals surface area contributed by atoms with Crippen molar-refractivity contribution in [1.29, 1.82) is 0 Å². The molecule has 0 spiro atoms. The van der Waals surface area contributed by atoms with Gasteiger partial charge in [-0.15, -0.1) is 0 Å². The van der Waals surface area contributed by atoms with Crippen molar-refractivity contribution in [2.24, 2.45) is 0 Å². The zero-order valence-corrected chi connectivity index (χ0v) is 15.1. The molecule has 5 rings (SSSR count). The van der Waals surface area contributed by atoms with Crippen molar-refractivity contribution >= 4 is 0 Å². The van der Waals surface area contributed by atoms with E-state index in [1.54, 1.807) is 6.07 Å². The lowest BCUT2D eigenvalue weighted by Crippen LogP contribution is -2.37. The third-order valence-corrected chi connectivity index (χ3v) is 6.16. The van der Waals surface area contributed by atoms with Crippen LogP contribution in [0.1, 0.15) is 72.1 Å². The SMILES string of the molecule is FC(F)(F)c1cccc(C2(c3noc(C4CCCc5cn[nH]c54)n3)CCC2)c1. The first-order valence-electron chi connectivity index (χ1n) is 9.51. The van der Waals surface area contributed by atoms with Gasteiger partial charge in [0.15, 0.2) is 5.82 Å². The summed E-state index contributed by atoms with van der Waals surface area (Å²) in [5.74, 6) is 0.962. The van der Waals surface area contributed by atoms with E-state index < -0.39 is 17.2 Å². The number of alkyl halides is 3. The number of nitrogens with zero attached hydrogens (tertiary/aromatic N) is 3. The first-order chi connectivity index (χ1) is 13.5. The largest absolute Gasteiger partial charge is 0.416 e. The normalized spacial score (nSPS) is 21.2. The lowest BCUT2D eigenvalue weighted by atomic mass is 9.63. The molecule has 0 aliphatic heterocycles. The predicted octanol–water partition coefficient (Wildman–Crippen LogP) is 4.75. The molecule has 2 heterocycles. The van der Waals surface area contributed by atoms with E-state index in [1.165, 1.54) is 12.1 Å². The standard InChI is InChI=1S/C20H19F3N4O/c21-20(22,23)14-6-2-5-13(10-14)19(8-3-9-19)18-25-17(28-27-18)15-7-1-4-12-11-24-26-16(12)15/h2,5-6,10-11,15H,1,3-4,7-9H2,(H,24,26). The molecule has 1 saturated carbocycles. The van der Waals surface area contributed by atoms with Crippen molar-refractivity contribution in [1.82, 2.24) is 20.3 Å². The summed E-state index contributed by atoms with van der Waals surface area (Å²) >= 11 is 0. The van der Waals surface area contributed by atoms with Crippen LogP contribution in [0.3, 0.4) is 0 Å². The molecule has 5 nitrogen and oxygen atoms in total. The van der Waals surface area contributed by atoms with Crippen LogP contribution in [0.4, 0.5) is 13.2 Å². The van der Waals surface area contributed by atoms with E-state index in [0.29, 0.717) is 30.1 Å². The fraction of sp³-hybridized carbons (Fsp3) is 0.450. The van der Waals surface area contributed by atoms with Crippen molar-refractivity contribution in [3.05, 3.63) is 64.6 Å². The molecule has 28 heavy (non-hydrogen) atoms. The number of aromatic nitrogens is 4. The number of fused-ring (bicyclic) bond motifs is 1. The molecule has 2 aliphatic carbocycles. The van der Waals surface area contributed by atoms with Gasteiger partial charge in [-0.2, -0.15) is 23.3 Å². The summed E-state index contributed by atoms with van der Waals surface area (Å²) in [7, 11) is 0. The molecule has 0 amide bonds. The number of halogens is 3. The van der Waals surface area contributed by atoms with Crippen LogP contribution in [0.25, 0.3) is 0 Å². The third kappa shape index (κ3) is 2.65. The maximum atomic E-state index is 13.2. The first kappa shape index (κ1) is 17.5. The van der Waals surface area contributed by atoms with Gasteiger partial charge in [-0.25, -0.2) is 0 Å². The molecule has 1 fully saturated rings. The summed E-state index contributed by atoms with van der Waals surface area (Å²) < 4.78 is 45.1. The van der Waals surface area contributed by atoms with Crippen LogP contribution in [0.15, 0.2) is 35.0 Å². The van der Waals surface area contributed by atoms with Gasteiger partial charge in [0.1, 0.15) is 0 Å². The van der Waals surface area contributed by atoms with Gasteiger partial charge in [-0.1, -0.05) is 29.8 Å². The van der Waals surface area contributed by atoms with Crippen LogP contribution >= 0.6 is 0 Å². The Labute approximate surface area is 159 Å². The first-order valence-corrected chi connectivity index (χ1v) is 9.51. The van der Waals surface area contributed by atoms with Crippen molar-refractivity contribution in [2.75, 3.05) is 0 Å². The second-order valence-corrected chi connectivity index (χ2v) is 7.72. The van der Waals surface area contributed by atoms with Crippen LogP contribution in [0.2, 0.25) is 0 Å². The van der Waals surface area contributed by atoms with E-state index in [0.717, 1.165) is 43.0 Å². The highest BCUT2D eigenvalue weighted by atomic mass is 19.4. The molecule has 1 unspecified atom stereocenters. The van der Waals surface area contributed by atoms with Gasteiger partial charge in [-0.05, 0) is 49.3 Å². The average Bonchev–Trinajstić information content (AvgIpc) is 3.30. The van der Waals surface area contributed by atoms with Crippen molar-refractivity contribution in [3.63, 3.8) is 0 Å². The zero-order chi connectivity index (χ0) is 19.4. The Balaban J connectivity index is 1.51. The Morgan fingerprint density at radius 1 is 1.18 bits per heavy atom. The fourth-order valence-corrected chi connectivity index (χ4v) is 4.45. The summed E-state index contributed by atoms with van der Waals surface area (Å²) in [4.78, 5) is 4.67. The number of rotatable bonds is 3. The smallest absolute Gasteiger partial charge is 0.339 e.